The molecule has 18 heavy (non-hydrogen) atoms. The minimum atomic E-state index is -0.120. The van der Waals surface area contributed by atoms with E-state index < -0.39 is 0 Å². The summed E-state index contributed by atoms with van der Waals surface area (Å²) in [6.07, 6.45) is 2.56. The van der Waals surface area contributed by atoms with Crippen LogP contribution in [0.1, 0.15) is 23.2 Å². The van der Waals surface area contributed by atoms with Crippen molar-refractivity contribution in [3.63, 3.8) is 0 Å². The average molecular weight is 332 g/mol. The third-order valence-corrected chi connectivity index (χ3v) is 3.92. The second kappa shape index (κ2) is 6.04. The summed E-state index contributed by atoms with van der Waals surface area (Å²) in [6, 6.07) is 6.00. The summed E-state index contributed by atoms with van der Waals surface area (Å²) in [5, 5.41) is 3.37. The van der Waals surface area contributed by atoms with Crippen molar-refractivity contribution < 1.29 is 4.79 Å². The van der Waals surface area contributed by atoms with E-state index in [1.807, 2.05) is 6.07 Å². The summed E-state index contributed by atoms with van der Waals surface area (Å²) in [5.41, 5.74) is 0.514. The average Bonchev–Trinajstić information content (AvgIpc) is 3.16. The standard InChI is InChI=1S/C13H16BrClN2O/c1-17(10-3-4-10)7-6-16-13(18)11-8-9(14)2-5-12(11)15/h2,5,8,10H,3-4,6-7H2,1H3,(H,16,18). The van der Waals surface area contributed by atoms with E-state index in [0.29, 0.717) is 17.1 Å². The maximum Gasteiger partial charge on any atom is 0.252 e. The van der Waals surface area contributed by atoms with E-state index in [-0.39, 0.29) is 5.91 Å². The fourth-order valence-electron chi connectivity index (χ4n) is 1.81. The molecule has 0 aliphatic heterocycles. The number of rotatable bonds is 5. The van der Waals surface area contributed by atoms with E-state index in [1.165, 1.54) is 12.8 Å². The summed E-state index contributed by atoms with van der Waals surface area (Å²) in [7, 11) is 2.09. The Morgan fingerprint density at radius 2 is 2.28 bits per heavy atom. The molecule has 0 spiro atoms. The number of halogens is 2. The van der Waals surface area contributed by atoms with Gasteiger partial charge in [0.15, 0.2) is 0 Å². The third-order valence-electron chi connectivity index (χ3n) is 3.09. The summed E-state index contributed by atoms with van der Waals surface area (Å²) >= 11 is 9.34. The van der Waals surface area contributed by atoms with Gasteiger partial charge in [-0.2, -0.15) is 0 Å². The van der Waals surface area contributed by atoms with E-state index >= 15 is 0 Å². The van der Waals surface area contributed by atoms with Gasteiger partial charge in [0, 0.05) is 23.6 Å². The zero-order valence-electron chi connectivity index (χ0n) is 10.2. The van der Waals surface area contributed by atoms with Gasteiger partial charge in [-0.25, -0.2) is 0 Å². The topological polar surface area (TPSA) is 32.3 Å². The minimum Gasteiger partial charge on any atom is -0.351 e. The number of nitrogens with one attached hydrogen (secondary N) is 1. The second-order valence-corrected chi connectivity index (χ2v) is 5.91. The fraction of sp³-hybridized carbons (Fsp3) is 0.462. The van der Waals surface area contributed by atoms with Crippen molar-refractivity contribution in [1.82, 2.24) is 10.2 Å². The van der Waals surface area contributed by atoms with Gasteiger partial charge in [-0.3, -0.25) is 4.79 Å². The molecular weight excluding hydrogens is 316 g/mol. The van der Waals surface area contributed by atoms with E-state index in [1.54, 1.807) is 12.1 Å². The van der Waals surface area contributed by atoms with Crippen LogP contribution in [0.4, 0.5) is 0 Å². The molecule has 1 fully saturated rings. The fourth-order valence-corrected chi connectivity index (χ4v) is 2.37. The molecule has 1 aliphatic carbocycles. The van der Waals surface area contributed by atoms with Gasteiger partial charge in [-0.15, -0.1) is 0 Å². The lowest BCUT2D eigenvalue weighted by molar-refractivity contribution is 0.0949. The molecule has 3 nitrogen and oxygen atoms in total. The monoisotopic (exact) mass is 330 g/mol. The van der Waals surface area contributed by atoms with E-state index in [4.69, 9.17) is 11.6 Å². The highest BCUT2D eigenvalue weighted by Gasteiger charge is 2.25. The van der Waals surface area contributed by atoms with Gasteiger partial charge in [-0.1, -0.05) is 27.5 Å². The minimum absolute atomic E-state index is 0.120. The summed E-state index contributed by atoms with van der Waals surface area (Å²) in [5.74, 6) is -0.120. The molecule has 2 rings (SSSR count). The third kappa shape index (κ3) is 3.70. The highest BCUT2D eigenvalue weighted by atomic mass is 79.9. The maximum absolute atomic E-state index is 11.9. The summed E-state index contributed by atoms with van der Waals surface area (Å²) in [6.45, 7) is 1.52. The lowest BCUT2D eigenvalue weighted by Crippen LogP contribution is -2.34. The number of likely N-dealkylation sites (N-methyl/N-ethyl adjacent to an activating group) is 1. The highest BCUT2D eigenvalue weighted by Crippen LogP contribution is 2.24. The Labute approximate surface area is 121 Å². The molecule has 0 aromatic heterocycles. The SMILES string of the molecule is CN(CCNC(=O)c1cc(Br)ccc1Cl)C1CC1. The van der Waals surface area contributed by atoms with Crippen LogP contribution in [0, 0.1) is 0 Å². The Hall–Kier alpha value is -0.580. The first-order valence-electron chi connectivity index (χ1n) is 6.01. The number of carbonyl (C=O) groups excluding carboxylic acids is 1. The van der Waals surface area contributed by atoms with Crippen LogP contribution in [0.25, 0.3) is 0 Å². The quantitative estimate of drug-likeness (QED) is 0.900. The van der Waals surface area contributed by atoms with Crippen LogP contribution >= 0.6 is 27.5 Å². The van der Waals surface area contributed by atoms with Crippen molar-refractivity contribution in [2.24, 2.45) is 0 Å². The Bertz CT molecular complexity index is 449. The van der Waals surface area contributed by atoms with Gasteiger partial charge in [0.2, 0.25) is 0 Å². The van der Waals surface area contributed by atoms with Crippen molar-refractivity contribution in [2.45, 2.75) is 18.9 Å². The number of hydrogen-bond acceptors (Lipinski definition) is 2. The molecule has 1 aliphatic rings. The molecule has 1 aromatic rings. The van der Waals surface area contributed by atoms with Gasteiger partial charge in [-0.05, 0) is 38.1 Å². The maximum atomic E-state index is 11.9. The smallest absolute Gasteiger partial charge is 0.252 e. The zero-order chi connectivity index (χ0) is 13.1. The van der Waals surface area contributed by atoms with E-state index in [9.17, 15) is 4.79 Å². The van der Waals surface area contributed by atoms with Crippen molar-refractivity contribution >= 4 is 33.4 Å². The van der Waals surface area contributed by atoms with Crippen LogP contribution in [0.5, 0.6) is 0 Å². The van der Waals surface area contributed by atoms with E-state index in [2.05, 4.69) is 33.2 Å². The zero-order valence-corrected chi connectivity index (χ0v) is 12.6. The Balaban J connectivity index is 1.85. The van der Waals surface area contributed by atoms with Gasteiger partial charge >= 0.3 is 0 Å². The first-order valence-corrected chi connectivity index (χ1v) is 7.18. The summed E-state index contributed by atoms with van der Waals surface area (Å²) < 4.78 is 0.854. The molecule has 1 amide bonds. The second-order valence-electron chi connectivity index (χ2n) is 4.59. The summed E-state index contributed by atoms with van der Waals surface area (Å²) in [4.78, 5) is 14.2. The molecule has 1 N–H and O–H groups in total. The Morgan fingerprint density at radius 1 is 1.56 bits per heavy atom. The van der Waals surface area contributed by atoms with E-state index in [0.717, 1.165) is 17.1 Å². The van der Waals surface area contributed by atoms with Gasteiger partial charge in [0.1, 0.15) is 0 Å². The predicted molar refractivity (Wildman–Crippen MR) is 77.1 cm³/mol. The normalized spacial score (nSPS) is 14.9. The number of benzene rings is 1. The lowest BCUT2D eigenvalue weighted by Gasteiger charge is -2.15. The molecule has 0 radical (unpaired) electrons. The number of hydrogen-bond donors (Lipinski definition) is 1. The van der Waals surface area contributed by atoms with Crippen LogP contribution in [0.2, 0.25) is 5.02 Å². The highest BCUT2D eigenvalue weighted by molar-refractivity contribution is 9.10. The Morgan fingerprint density at radius 3 is 2.94 bits per heavy atom. The first kappa shape index (κ1) is 13.8. The molecule has 0 bridgehead atoms. The number of nitrogens with zero attached hydrogens (tertiary/aromatic N) is 1. The Kier molecular flexibility index (Phi) is 4.65. The number of carbonyl (C=O) groups is 1. The van der Waals surface area contributed by atoms with Crippen molar-refractivity contribution in [2.75, 3.05) is 20.1 Å². The van der Waals surface area contributed by atoms with Gasteiger partial charge < -0.3 is 10.2 Å². The molecule has 98 valence electrons. The van der Waals surface area contributed by atoms with Crippen molar-refractivity contribution in [1.29, 1.82) is 0 Å². The van der Waals surface area contributed by atoms with Crippen LogP contribution < -0.4 is 5.32 Å². The van der Waals surface area contributed by atoms with Crippen LogP contribution in [0.3, 0.4) is 0 Å². The number of amides is 1. The lowest BCUT2D eigenvalue weighted by atomic mass is 10.2. The molecule has 0 heterocycles. The largest absolute Gasteiger partial charge is 0.351 e. The molecule has 0 unspecified atom stereocenters. The molecule has 0 atom stereocenters. The van der Waals surface area contributed by atoms with Gasteiger partial charge in [0.05, 0.1) is 10.6 Å². The van der Waals surface area contributed by atoms with Crippen molar-refractivity contribution in [3.8, 4) is 0 Å². The molecular formula is C13H16BrClN2O. The van der Waals surface area contributed by atoms with Crippen molar-refractivity contribution in [3.05, 3.63) is 33.3 Å². The van der Waals surface area contributed by atoms with Gasteiger partial charge in [0.25, 0.3) is 5.91 Å². The van der Waals surface area contributed by atoms with Crippen LogP contribution in [-0.4, -0.2) is 37.0 Å². The van der Waals surface area contributed by atoms with Crippen LogP contribution in [-0.2, 0) is 0 Å². The van der Waals surface area contributed by atoms with Crippen LogP contribution in [0.15, 0.2) is 22.7 Å². The first-order chi connectivity index (χ1) is 8.58. The molecule has 1 aromatic carbocycles. The molecule has 0 saturated heterocycles. The molecule has 1 saturated carbocycles. The molecule has 5 heteroatoms. The predicted octanol–water partition coefficient (Wildman–Crippen LogP) is 2.93.